The highest BCUT2D eigenvalue weighted by Gasteiger charge is 2.19. The number of hydrogen-bond acceptors (Lipinski definition) is 6. The monoisotopic (exact) mass is 827 g/mol. The number of esters is 3. The maximum Gasteiger partial charge on any atom is 0.306 e. The van der Waals surface area contributed by atoms with E-state index < -0.39 is 6.10 Å². The standard InChI is InChI=1S/C53H94O6/c1-4-7-10-13-16-19-21-23-25-26-27-28-30-31-34-37-40-43-46-52(55)58-49-50(48-57-51(54)45-42-39-36-33-18-15-12-9-6-3)59-53(56)47-44-41-38-35-32-29-24-22-20-17-14-11-8-5-2/h8,11,17,20,27-28,33,36,50H,4-7,9-10,12-16,18-19,21-26,29-32,34-35,37-49H2,1-3H3/b11-8-,20-17-,28-27-,36-33-. The lowest BCUT2D eigenvalue weighted by Crippen LogP contribution is -2.30. The summed E-state index contributed by atoms with van der Waals surface area (Å²) in [6, 6.07) is 0. The number of hydrogen-bond donors (Lipinski definition) is 0. The third kappa shape index (κ3) is 46.3. The van der Waals surface area contributed by atoms with Gasteiger partial charge in [0.25, 0.3) is 0 Å². The average Bonchev–Trinajstić information content (AvgIpc) is 3.23. The maximum absolute atomic E-state index is 12.7. The van der Waals surface area contributed by atoms with E-state index in [9.17, 15) is 14.4 Å². The first-order valence-corrected chi connectivity index (χ1v) is 25.1. The van der Waals surface area contributed by atoms with Gasteiger partial charge in [0.2, 0.25) is 0 Å². The number of carbonyl (C=O) groups excluding carboxylic acids is 3. The minimum absolute atomic E-state index is 0.0887. The Morgan fingerprint density at radius 2 is 0.678 bits per heavy atom. The van der Waals surface area contributed by atoms with Gasteiger partial charge < -0.3 is 14.2 Å². The number of ether oxygens (including phenoxy) is 3. The van der Waals surface area contributed by atoms with Gasteiger partial charge in [0.1, 0.15) is 13.2 Å². The number of rotatable bonds is 45. The van der Waals surface area contributed by atoms with Crippen molar-refractivity contribution in [3.05, 3.63) is 48.6 Å². The highest BCUT2D eigenvalue weighted by molar-refractivity contribution is 5.71. The zero-order valence-electron chi connectivity index (χ0n) is 39.0. The maximum atomic E-state index is 12.7. The molecule has 1 atom stereocenters. The van der Waals surface area contributed by atoms with Crippen molar-refractivity contribution in [1.82, 2.24) is 0 Å². The van der Waals surface area contributed by atoms with Gasteiger partial charge in [-0.05, 0) is 89.9 Å². The topological polar surface area (TPSA) is 78.9 Å². The summed E-state index contributed by atoms with van der Waals surface area (Å²) in [5, 5.41) is 0. The summed E-state index contributed by atoms with van der Waals surface area (Å²) in [6.07, 6.45) is 56.8. The summed E-state index contributed by atoms with van der Waals surface area (Å²) in [7, 11) is 0. The first kappa shape index (κ1) is 56.4. The molecule has 0 aromatic heterocycles. The van der Waals surface area contributed by atoms with E-state index in [-0.39, 0.29) is 31.1 Å². The molecule has 0 rings (SSSR count). The van der Waals surface area contributed by atoms with Gasteiger partial charge >= 0.3 is 17.9 Å². The first-order chi connectivity index (χ1) is 29.0. The highest BCUT2D eigenvalue weighted by Crippen LogP contribution is 2.14. The molecule has 0 fully saturated rings. The molecule has 0 N–H and O–H groups in total. The Hall–Kier alpha value is -2.63. The molecule has 1 unspecified atom stereocenters. The molecule has 6 nitrogen and oxygen atoms in total. The van der Waals surface area contributed by atoms with Crippen molar-refractivity contribution in [2.45, 2.75) is 258 Å². The summed E-state index contributed by atoms with van der Waals surface area (Å²) < 4.78 is 16.7. The van der Waals surface area contributed by atoms with Gasteiger partial charge in [-0.3, -0.25) is 14.4 Å². The molecule has 342 valence electrons. The van der Waals surface area contributed by atoms with Crippen LogP contribution in [0.4, 0.5) is 0 Å². The molecule has 0 aliphatic heterocycles. The second-order valence-electron chi connectivity index (χ2n) is 16.7. The summed E-state index contributed by atoms with van der Waals surface area (Å²) >= 11 is 0. The Bertz CT molecular complexity index is 1040. The van der Waals surface area contributed by atoms with Crippen LogP contribution < -0.4 is 0 Å². The van der Waals surface area contributed by atoms with Crippen LogP contribution in [-0.2, 0) is 28.6 Å². The smallest absolute Gasteiger partial charge is 0.306 e. The van der Waals surface area contributed by atoms with Gasteiger partial charge in [-0.1, -0.05) is 191 Å². The fourth-order valence-corrected chi connectivity index (χ4v) is 7.01. The highest BCUT2D eigenvalue weighted by atomic mass is 16.6. The van der Waals surface area contributed by atoms with Crippen molar-refractivity contribution in [3.8, 4) is 0 Å². The van der Waals surface area contributed by atoms with E-state index in [0.29, 0.717) is 25.7 Å². The van der Waals surface area contributed by atoms with Crippen molar-refractivity contribution in [2.24, 2.45) is 0 Å². The number of unbranched alkanes of at least 4 members (excludes halogenated alkanes) is 26. The molecule has 0 spiro atoms. The second kappa shape index (κ2) is 48.0. The lowest BCUT2D eigenvalue weighted by Gasteiger charge is -2.18. The van der Waals surface area contributed by atoms with Crippen molar-refractivity contribution < 1.29 is 28.6 Å². The number of carbonyl (C=O) groups is 3. The molecule has 0 radical (unpaired) electrons. The van der Waals surface area contributed by atoms with Crippen molar-refractivity contribution in [2.75, 3.05) is 13.2 Å². The molecule has 0 aromatic carbocycles. The molecule has 0 saturated carbocycles. The van der Waals surface area contributed by atoms with Crippen LogP contribution in [0.3, 0.4) is 0 Å². The van der Waals surface area contributed by atoms with E-state index >= 15 is 0 Å². The Morgan fingerprint density at radius 1 is 0.356 bits per heavy atom. The molecular formula is C53H94O6. The van der Waals surface area contributed by atoms with Gasteiger partial charge in [-0.25, -0.2) is 0 Å². The first-order valence-electron chi connectivity index (χ1n) is 25.1. The third-order valence-corrected chi connectivity index (χ3v) is 10.8. The summed E-state index contributed by atoms with van der Waals surface area (Å²) in [5.74, 6) is -0.938. The molecule has 0 heterocycles. The minimum Gasteiger partial charge on any atom is -0.462 e. The zero-order valence-corrected chi connectivity index (χ0v) is 39.0. The molecule has 0 bridgehead atoms. The molecule has 0 aliphatic rings. The number of allylic oxidation sites excluding steroid dienone is 8. The lowest BCUT2D eigenvalue weighted by molar-refractivity contribution is -0.167. The molecule has 6 heteroatoms. The molecule has 0 aliphatic carbocycles. The molecule has 0 amide bonds. The van der Waals surface area contributed by atoms with Crippen molar-refractivity contribution >= 4 is 17.9 Å². The van der Waals surface area contributed by atoms with Crippen LogP contribution in [0.15, 0.2) is 48.6 Å². The van der Waals surface area contributed by atoms with Crippen molar-refractivity contribution in [3.63, 3.8) is 0 Å². The van der Waals surface area contributed by atoms with Crippen LogP contribution in [0, 0.1) is 0 Å². The normalized spacial score (nSPS) is 12.4. The van der Waals surface area contributed by atoms with Gasteiger partial charge in [0, 0.05) is 19.3 Å². The van der Waals surface area contributed by atoms with E-state index in [2.05, 4.69) is 69.4 Å². The molecular weight excluding hydrogens is 733 g/mol. The van der Waals surface area contributed by atoms with Crippen LogP contribution >= 0.6 is 0 Å². The Labute approximate surface area is 365 Å². The fraction of sp³-hybridized carbons (Fsp3) is 0.792. The van der Waals surface area contributed by atoms with Crippen LogP contribution in [-0.4, -0.2) is 37.2 Å². The predicted octanol–water partition coefficient (Wildman–Crippen LogP) is 16.3. The SMILES string of the molecule is CC/C=C\C/C=C\CCCCCCCCCC(=O)OC(COC(=O)CCC/C=C\CCCCCC)COC(=O)CCCCCCC/C=C\CCCCCCCCCCC. The minimum atomic E-state index is -0.788. The van der Waals surface area contributed by atoms with Crippen LogP contribution in [0.25, 0.3) is 0 Å². The largest absolute Gasteiger partial charge is 0.462 e. The van der Waals surface area contributed by atoms with Gasteiger partial charge in [-0.2, -0.15) is 0 Å². The quantitative estimate of drug-likeness (QED) is 0.0263. The second-order valence-corrected chi connectivity index (χ2v) is 16.7. The zero-order chi connectivity index (χ0) is 43.0. The Kier molecular flexibility index (Phi) is 45.9. The summed E-state index contributed by atoms with van der Waals surface area (Å²) in [6.45, 7) is 6.47. The molecule has 0 saturated heterocycles. The van der Waals surface area contributed by atoms with Crippen LogP contribution in [0.1, 0.15) is 252 Å². The summed E-state index contributed by atoms with van der Waals surface area (Å²) in [4.78, 5) is 37.8. The van der Waals surface area contributed by atoms with E-state index in [1.807, 2.05) is 0 Å². The fourth-order valence-electron chi connectivity index (χ4n) is 7.01. The molecule has 0 aromatic rings. The molecule has 59 heavy (non-hydrogen) atoms. The van der Waals surface area contributed by atoms with Gasteiger partial charge in [0.05, 0.1) is 0 Å². The van der Waals surface area contributed by atoms with E-state index in [1.165, 1.54) is 128 Å². The third-order valence-electron chi connectivity index (χ3n) is 10.8. The van der Waals surface area contributed by atoms with E-state index in [1.54, 1.807) is 0 Å². The summed E-state index contributed by atoms with van der Waals surface area (Å²) in [5.41, 5.74) is 0. The Morgan fingerprint density at radius 3 is 1.12 bits per heavy atom. The van der Waals surface area contributed by atoms with Gasteiger partial charge in [-0.15, -0.1) is 0 Å². The van der Waals surface area contributed by atoms with Gasteiger partial charge in [0.15, 0.2) is 6.10 Å². The van der Waals surface area contributed by atoms with Crippen molar-refractivity contribution in [1.29, 1.82) is 0 Å². The van der Waals surface area contributed by atoms with E-state index in [0.717, 1.165) is 77.0 Å². The predicted molar refractivity (Wildman–Crippen MR) is 252 cm³/mol. The Balaban J connectivity index is 4.33. The van der Waals surface area contributed by atoms with E-state index in [4.69, 9.17) is 14.2 Å². The average molecular weight is 827 g/mol. The van der Waals surface area contributed by atoms with Crippen LogP contribution in [0.5, 0.6) is 0 Å². The van der Waals surface area contributed by atoms with Crippen LogP contribution in [0.2, 0.25) is 0 Å². The lowest BCUT2D eigenvalue weighted by atomic mass is 10.1.